The van der Waals surface area contributed by atoms with Gasteiger partial charge in [-0.05, 0) is 12.5 Å². The molecule has 0 saturated carbocycles. The molecule has 3 rings (SSSR count). The Kier molecular flexibility index (Phi) is 4.75. The number of hydrogen-bond acceptors (Lipinski definition) is 2. The summed E-state index contributed by atoms with van der Waals surface area (Å²) >= 11 is 0. The Morgan fingerprint density at radius 2 is 0.913 bits per heavy atom. The molecule has 0 spiro atoms. The van der Waals surface area contributed by atoms with Crippen LogP contribution in [-0.2, 0) is 0 Å². The van der Waals surface area contributed by atoms with Gasteiger partial charge >= 0.3 is 0 Å². The molecule has 0 N–H and O–H groups in total. The Balaban J connectivity index is 2.02. The van der Waals surface area contributed by atoms with E-state index in [4.69, 9.17) is 0 Å². The molecule has 0 bridgehead atoms. The van der Waals surface area contributed by atoms with Gasteiger partial charge < -0.3 is 0 Å². The summed E-state index contributed by atoms with van der Waals surface area (Å²) in [4.78, 5) is 0. The molecule has 0 radical (unpaired) electrons. The molecule has 0 unspecified atom stereocenters. The Labute approximate surface area is 136 Å². The van der Waals surface area contributed by atoms with Gasteiger partial charge in [-0.25, -0.2) is 0 Å². The van der Waals surface area contributed by atoms with Gasteiger partial charge in [0.1, 0.15) is 5.71 Å². The van der Waals surface area contributed by atoms with Crippen molar-refractivity contribution in [2.24, 2.45) is 10.2 Å². The molecular weight excluding hydrogens is 280 g/mol. The fraction of sp³-hybridized carbons (Fsp3) is 0.0476. The molecule has 23 heavy (non-hydrogen) atoms. The summed E-state index contributed by atoms with van der Waals surface area (Å²) in [6.07, 6.45) is 0. The molecule has 0 aliphatic carbocycles. The third-order valence-electron chi connectivity index (χ3n) is 3.59. The van der Waals surface area contributed by atoms with E-state index in [-0.39, 0.29) is 0 Å². The summed E-state index contributed by atoms with van der Waals surface area (Å²) in [5.74, 6) is 0. The minimum absolute atomic E-state index is 0.876. The minimum atomic E-state index is 0.876. The van der Waals surface area contributed by atoms with Gasteiger partial charge in [-0.15, -0.1) is 5.10 Å². The standard InChI is InChI=1S/C21H18N2/c1-17(18-11-5-2-6-12-18)22-23-21(19-13-7-3-8-14-19)20-15-9-4-10-16-20/h2-16H,1H3/b22-17-. The normalized spacial score (nSPS) is 11.1. The predicted octanol–water partition coefficient (Wildman–Crippen LogP) is 4.95. The average molecular weight is 298 g/mol. The summed E-state index contributed by atoms with van der Waals surface area (Å²) in [7, 11) is 0. The highest BCUT2D eigenvalue weighted by Gasteiger charge is 2.06. The summed E-state index contributed by atoms with van der Waals surface area (Å²) in [6.45, 7) is 1.98. The average Bonchev–Trinajstić information content (AvgIpc) is 2.64. The molecule has 0 saturated heterocycles. The summed E-state index contributed by atoms with van der Waals surface area (Å²) < 4.78 is 0. The van der Waals surface area contributed by atoms with Crippen molar-refractivity contribution in [1.82, 2.24) is 0 Å². The number of benzene rings is 3. The molecule has 112 valence electrons. The van der Waals surface area contributed by atoms with Gasteiger partial charge in [-0.1, -0.05) is 91.0 Å². The van der Waals surface area contributed by atoms with Crippen LogP contribution in [0.15, 0.2) is 101 Å². The minimum Gasteiger partial charge on any atom is -0.155 e. The monoisotopic (exact) mass is 298 g/mol. The van der Waals surface area contributed by atoms with E-state index in [9.17, 15) is 0 Å². The van der Waals surface area contributed by atoms with Gasteiger partial charge in [0.05, 0.1) is 5.71 Å². The number of hydrogen-bond donors (Lipinski definition) is 0. The van der Waals surface area contributed by atoms with Crippen LogP contribution in [0.4, 0.5) is 0 Å². The SMILES string of the molecule is C/C(=N/N=C(c1ccccc1)c1ccccc1)c1ccccc1. The van der Waals surface area contributed by atoms with E-state index in [1.165, 1.54) is 0 Å². The fourth-order valence-corrected chi connectivity index (χ4v) is 2.34. The molecule has 0 aliphatic rings. The highest BCUT2D eigenvalue weighted by atomic mass is 15.2. The summed E-state index contributed by atoms with van der Waals surface area (Å²) in [5, 5.41) is 9.00. The molecule has 2 nitrogen and oxygen atoms in total. The topological polar surface area (TPSA) is 24.7 Å². The second-order valence-electron chi connectivity index (χ2n) is 5.23. The van der Waals surface area contributed by atoms with Gasteiger partial charge in [0.25, 0.3) is 0 Å². The maximum Gasteiger partial charge on any atom is 0.100 e. The first-order chi connectivity index (χ1) is 11.3. The summed E-state index contributed by atoms with van der Waals surface area (Å²) in [6, 6.07) is 30.4. The maximum atomic E-state index is 4.55. The molecule has 0 aliphatic heterocycles. The summed E-state index contributed by atoms with van der Waals surface area (Å²) in [5.41, 5.74) is 4.97. The molecule has 3 aromatic carbocycles. The third-order valence-corrected chi connectivity index (χ3v) is 3.59. The van der Waals surface area contributed by atoms with Crippen molar-refractivity contribution < 1.29 is 0 Å². The van der Waals surface area contributed by atoms with Crippen molar-refractivity contribution in [3.63, 3.8) is 0 Å². The van der Waals surface area contributed by atoms with E-state index in [1.807, 2.05) is 73.7 Å². The lowest BCUT2D eigenvalue weighted by molar-refractivity contribution is 1.22. The van der Waals surface area contributed by atoms with Gasteiger partial charge in [-0.2, -0.15) is 5.10 Å². The van der Waals surface area contributed by atoms with E-state index in [0.29, 0.717) is 0 Å². The Morgan fingerprint density at radius 1 is 0.522 bits per heavy atom. The molecular formula is C21H18N2. The van der Waals surface area contributed by atoms with Crippen LogP contribution in [0.3, 0.4) is 0 Å². The van der Waals surface area contributed by atoms with Crippen molar-refractivity contribution in [2.75, 3.05) is 0 Å². The largest absolute Gasteiger partial charge is 0.155 e. The Bertz CT molecular complexity index is 763. The molecule has 0 amide bonds. The highest BCUT2D eigenvalue weighted by molar-refractivity contribution is 6.13. The van der Waals surface area contributed by atoms with E-state index in [2.05, 4.69) is 34.5 Å². The lowest BCUT2D eigenvalue weighted by atomic mass is 10.0. The van der Waals surface area contributed by atoms with E-state index < -0.39 is 0 Å². The van der Waals surface area contributed by atoms with Crippen LogP contribution in [0.2, 0.25) is 0 Å². The zero-order valence-electron chi connectivity index (χ0n) is 13.1. The van der Waals surface area contributed by atoms with Gasteiger partial charge in [-0.3, -0.25) is 0 Å². The van der Waals surface area contributed by atoms with Crippen molar-refractivity contribution in [3.8, 4) is 0 Å². The smallest absolute Gasteiger partial charge is 0.100 e. The van der Waals surface area contributed by atoms with Crippen LogP contribution in [-0.4, -0.2) is 11.4 Å². The van der Waals surface area contributed by atoms with Crippen molar-refractivity contribution in [3.05, 3.63) is 108 Å². The van der Waals surface area contributed by atoms with Crippen LogP contribution in [0.25, 0.3) is 0 Å². The first-order valence-corrected chi connectivity index (χ1v) is 7.63. The Hall–Kier alpha value is -3.00. The van der Waals surface area contributed by atoms with Crippen molar-refractivity contribution >= 4 is 11.4 Å². The van der Waals surface area contributed by atoms with Gasteiger partial charge in [0.15, 0.2) is 0 Å². The second-order valence-corrected chi connectivity index (χ2v) is 5.23. The van der Waals surface area contributed by atoms with E-state index in [1.54, 1.807) is 0 Å². The van der Waals surface area contributed by atoms with Crippen LogP contribution >= 0.6 is 0 Å². The molecule has 0 aromatic heterocycles. The van der Waals surface area contributed by atoms with Crippen LogP contribution in [0, 0.1) is 0 Å². The first kappa shape index (κ1) is 14.9. The van der Waals surface area contributed by atoms with Crippen LogP contribution < -0.4 is 0 Å². The number of nitrogens with zero attached hydrogens (tertiary/aromatic N) is 2. The number of rotatable bonds is 4. The second kappa shape index (κ2) is 7.32. The predicted molar refractivity (Wildman–Crippen MR) is 97.2 cm³/mol. The van der Waals surface area contributed by atoms with Crippen molar-refractivity contribution in [1.29, 1.82) is 0 Å². The molecule has 0 atom stereocenters. The Morgan fingerprint density at radius 3 is 1.35 bits per heavy atom. The fourth-order valence-electron chi connectivity index (χ4n) is 2.34. The lowest BCUT2D eigenvalue weighted by Gasteiger charge is -2.06. The lowest BCUT2D eigenvalue weighted by Crippen LogP contribution is -2.03. The highest BCUT2D eigenvalue weighted by Crippen LogP contribution is 2.12. The third kappa shape index (κ3) is 3.80. The van der Waals surface area contributed by atoms with E-state index in [0.717, 1.165) is 28.1 Å². The van der Waals surface area contributed by atoms with Crippen LogP contribution in [0.5, 0.6) is 0 Å². The van der Waals surface area contributed by atoms with Gasteiger partial charge in [0, 0.05) is 11.1 Å². The van der Waals surface area contributed by atoms with Gasteiger partial charge in [0.2, 0.25) is 0 Å². The van der Waals surface area contributed by atoms with E-state index >= 15 is 0 Å². The molecule has 2 heteroatoms. The molecule has 0 heterocycles. The zero-order valence-corrected chi connectivity index (χ0v) is 13.1. The van der Waals surface area contributed by atoms with Crippen molar-refractivity contribution in [2.45, 2.75) is 6.92 Å². The quantitative estimate of drug-likeness (QED) is 0.481. The molecule has 3 aromatic rings. The zero-order chi connectivity index (χ0) is 15.9. The maximum absolute atomic E-state index is 4.55. The van der Waals surface area contributed by atoms with Crippen LogP contribution in [0.1, 0.15) is 23.6 Å². The first-order valence-electron chi connectivity index (χ1n) is 7.63. The molecule has 0 fully saturated rings.